The Morgan fingerprint density at radius 2 is 1.76 bits per heavy atom. The minimum absolute atomic E-state index is 0.124. The molecule has 0 aliphatic heterocycles. The molecule has 2 nitrogen and oxygen atoms in total. The van der Waals surface area contributed by atoms with Gasteiger partial charge in [-0.2, -0.15) is 0 Å². The molecule has 0 fully saturated rings. The minimum Gasteiger partial charge on any atom is -0.469 e. The van der Waals surface area contributed by atoms with E-state index in [-0.39, 0.29) is 5.97 Å². The molecule has 0 radical (unpaired) electrons. The maximum absolute atomic E-state index is 11.0. The van der Waals surface area contributed by atoms with Gasteiger partial charge in [0.05, 0.1) is 7.11 Å². The third kappa shape index (κ3) is 5.53. The predicted molar refractivity (Wildman–Crippen MR) is 69.9 cm³/mol. The van der Waals surface area contributed by atoms with E-state index in [4.69, 9.17) is 0 Å². The molecule has 0 saturated carbocycles. The highest BCUT2D eigenvalue weighted by Crippen LogP contribution is 2.11. The monoisotopic (exact) mass is 234 g/mol. The summed E-state index contributed by atoms with van der Waals surface area (Å²) in [6.45, 7) is 4.45. The van der Waals surface area contributed by atoms with E-state index in [1.54, 1.807) is 0 Å². The number of carbonyl (C=O) groups is 1. The first-order valence-corrected chi connectivity index (χ1v) is 6.26. The SMILES string of the molecule is COC(=O)CCCc1ccc(CC(C)C)cc1. The Hall–Kier alpha value is -1.31. The average molecular weight is 234 g/mol. The minimum atomic E-state index is -0.124. The summed E-state index contributed by atoms with van der Waals surface area (Å²) in [5, 5.41) is 0. The summed E-state index contributed by atoms with van der Waals surface area (Å²) in [4.78, 5) is 11.0. The van der Waals surface area contributed by atoms with Gasteiger partial charge >= 0.3 is 5.97 Å². The van der Waals surface area contributed by atoms with Gasteiger partial charge in [-0.15, -0.1) is 0 Å². The van der Waals surface area contributed by atoms with Crippen LogP contribution in [0.3, 0.4) is 0 Å². The van der Waals surface area contributed by atoms with E-state index < -0.39 is 0 Å². The molecule has 0 aliphatic carbocycles. The summed E-state index contributed by atoms with van der Waals surface area (Å²) in [6, 6.07) is 8.70. The summed E-state index contributed by atoms with van der Waals surface area (Å²) in [5.74, 6) is 0.571. The maximum atomic E-state index is 11.0. The van der Waals surface area contributed by atoms with Gasteiger partial charge in [-0.1, -0.05) is 38.1 Å². The topological polar surface area (TPSA) is 26.3 Å². The highest BCUT2D eigenvalue weighted by atomic mass is 16.5. The van der Waals surface area contributed by atoms with Crippen molar-refractivity contribution in [1.29, 1.82) is 0 Å². The van der Waals surface area contributed by atoms with Gasteiger partial charge in [0, 0.05) is 6.42 Å². The van der Waals surface area contributed by atoms with Crippen LogP contribution in [0.5, 0.6) is 0 Å². The van der Waals surface area contributed by atoms with Crippen molar-refractivity contribution in [1.82, 2.24) is 0 Å². The molecule has 1 aromatic rings. The van der Waals surface area contributed by atoms with Crippen LogP contribution in [0.15, 0.2) is 24.3 Å². The molecule has 94 valence electrons. The van der Waals surface area contributed by atoms with Crippen LogP contribution in [-0.2, 0) is 22.4 Å². The quantitative estimate of drug-likeness (QED) is 0.705. The smallest absolute Gasteiger partial charge is 0.305 e. The average Bonchev–Trinajstić information content (AvgIpc) is 2.30. The fraction of sp³-hybridized carbons (Fsp3) is 0.533. The molecular formula is C15H22O2. The second kappa shape index (κ2) is 7.10. The van der Waals surface area contributed by atoms with Crippen LogP contribution in [0.25, 0.3) is 0 Å². The molecule has 0 atom stereocenters. The molecule has 17 heavy (non-hydrogen) atoms. The molecule has 0 aliphatic rings. The van der Waals surface area contributed by atoms with Crippen molar-refractivity contribution in [2.24, 2.45) is 5.92 Å². The molecule has 0 spiro atoms. The molecule has 0 heterocycles. The van der Waals surface area contributed by atoms with Crippen LogP contribution in [0, 0.1) is 5.92 Å². The number of rotatable bonds is 6. The van der Waals surface area contributed by atoms with Gasteiger partial charge in [0.1, 0.15) is 0 Å². The van der Waals surface area contributed by atoms with Crippen molar-refractivity contribution in [3.63, 3.8) is 0 Å². The van der Waals surface area contributed by atoms with E-state index >= 15 is 0 Å². The third-order valence-corrected chi connectivity index (χ3v) is 2.74. The van der Waals surface area contributed by atoms with Gasteiger partial charge in [0.2, 0.25) is 0 Å². The first kappa shape index (κ1) is 13.8. The molecule has 0 saturated heterocycles. The number of hydrogen-bond donors (Lipinski definition) is 0. The molecule has 2 heteroatoms. The van der Waals surface area contributed by atoms with Gasteiger partial charge in [-0.25, -0.2) is 0 Å². The van der Waals surface area contributed by atoms with Crippen molar-refractivity contribution in [3.05, 3.63) is 35.4 Å². The number of ether oxygens (including phenoxy) is 1. The number of carbonyl (C=O) groups excluding carboxylic acids is 1. The lowest BCUT2D eigenvalue weighted by atomic mass is 10.0. The van der Waals surface area contributed by atoms with Crippen LogP contribution in [-0.4, -0.2) is 13.1 Å². The van der Waals surface area contributed by atoms with Crippen LogP contribution in [0.1, 0.15) is 37.8 Å². The first-order chi connectivity index (χ1) is 8.11. The fourth-order valence-electron chi connectivity index (χ4n) is 1.85. The zero-order valence-electron chi connectivity index (χ0n) is 11.0. The molecule has 0 amide bonds. The van der Waals surface area contributed by atoms with E-state index in [0.717, 1.165) is 19.3 Å². The lowest BCUT2D eigenvalue weighted by molar-refractivity contribution is -0.140. The summed E-state index contributed by atoms with van der Waals surface area (Å²) in [6.07, 6.45) is 3.43. The van der Waals surface area contributed by atoms with E-state index in [2.05, 4.69) is 42.8 Å². The Balaban J connectivity index is 2.37. The largest absolute Gasteiger partial charge is 0.469 e. The van der Waals surface area contributed by atoms with Crippen LogP contribution < -0.4 is 0 Å². The molecule has 1 aromatic carbocycles. The number of methoxy groups -OCH3 is 1. The van der Waals surface area contributed by atoms with Crippen LogP contribution in [0.2, 0.25) is 0 Å². The molecule has 0 aromatic heterocycles. The maximum Gasteiger partial charge on any atom is 0.305 e. The Bertz CT molecular complexity index is 338. The van der Waals surface area contributed by atoms with E-state index in [1.807, 2.05) is 0 Å². The van der Waals surface area contributed by atoms with Gasteiger partial charge in [-0.3, -0.25) is 4.79 Å². The third-order valence-electron chi connectivity index (χ3n) is 2.74. The van der Waals surface area contributed by atoms with Crippen LogP contribution >= 0.6 is 0 Å². The highest BCUT2D eigenvalue weighted by Gasteiger charge is 2.01. The number of benzene rings is 1. The summed E-state index contributed by atoms with van der Waals surface area (Å²) in [7, 11) is 1.43. The zero-order chi connectivity index (χ0) is 12.7. The number of esters is 1. The standard InChI is InChI=1S/C15H22O2/c1-12(2)11-14-9-7-13(8-10-14)5-4-6-15(16)17-3/h7-10,12H,4-6,11H2,1-3H3. The molecule has 0 N–H and O–H groups in total. The molecule has 0 unspecified atom stereocenters. The summed E-state index contributed by atoms with van der Waals surface area (Å²) >= 11 is 0. The second-order valence-electron chi connectivity index (χ2n) is 4.84. The van der Waals surface area contributed by atoms with E-state index in [1.165, 1.54) is 18.2 Å². The van der Waals surface area contributed by atoms with Gasteiger partial charge in [-0.05, 0) is 36.3 Å². The first-order valence-electron chi connectivity index (χ1n) is 6.26. The lowest BCUT2D eigenvalue weighted by Gasteiger charge is -2.06. The highest BCUT2D eigenvalue weighted by molar-refractivity contribution is 5.69. The van der Waals surface area contributed by atoms with Crippen molar-refractivity contribution in [2.75, 3.05) is 7.11 Å². The van der Waals surface area contributed by atoms with Crippen LogP contribution in [0.4, 0.5) is 0 Å². The predicted octanol–water partition coefficient (Wildman–Crippen LogP) is 3.38. The van der Waals surface area contributed by atoms with Crippen molar-refractivity contribution in [2.45, 2.75) is 39.5 Å². The summed E-state index contributed by atoms with van der Waals surface area (Å²) < 4.78 is 4.61. The Kier molecular flexibility index (Phi) is 5.75. The zero-order valence-corrected chi connectivity index (χ0v) is 11.0. The molecule has 1 rings (SSSR count). The van der Waals surface area contributed by atoms with Crippen molar-refractivity contribution >= 4 is 5.97 Å². The van der Waals surface area contributed by atoms with E-state index in [0.29, 0.717) is 12.3 Å². The Labute approximate surface area is 104 Å². The molecule has 0 bridgehead atoms. The second-order valence-corrected chi connectivity index (χ2v) is 4.84. The summed E-state index contributed by atoms with van der Waals surface area (Å²) in [5.41, 5.74) is 2.68. The Morgan fingerprint density at radius 3 is 2.29 bits per heavy atom. The van der Waals surface area contributed by atoms with Crippen molar-refractivity contribution in [3.8, 4) is 0 Å². The van der Waals surface area contributed by atoms with Gasteiger partial charge in [0.25, 0.3) is 0 Å². The number of aryl methyl sites for hydroxylation is 1. The Morgan fingerprint density at radius 1 is 1.18 bits per heavy atom. The normalized spacial score (nSPS) is 10.6. The van der Waals surface area contributed by atoms with Gasteiger partial charge < -0.3 is 4.74 Å². The van der Waals surface area contributed by atoms with Gasteiger partial charge in [0.15, 0.2) is 0 Å². The fourth-order valence-corrected chi connectivity index (χ4v) is 1.85. The number of hydrogen-bond acceptors (Lipinski definition) is 2. The van der Waals surface area contributed by atoms with E-state index in [9.17, 15) is 4.79 Å². The molecular weight excluding hydrogens is 212 g/mol. The van der Waals surface area contributed by atoms with Crippen molar-refractivity contribution < 1.29 is 9.53 Å². The lowest BCUT2D eigenvalue weighted by Crippen LogP contribution is -2.00.